The van der Waals surface area contributed by atoms with Crippen LogP contribution in [0.1, 0.15) is 40.6 Å². The number of hydrogen-bond acceptors (Lipinski definition) is 5. The van der Waals surface area contributed by atoms with E-state index in [-0.39, 0.29) is 5.43 Å². The predicted molar refractivity (Wildman–Crippen MR) is 108 cm³/mol. The summed E-state index contributed by atoms with van der Waals surface area (Å²) in [5, 5.41) is 0.401. The van der Waals surface area contributed by atoms with Crippen LogP contribution in [0, 0.1) is 0 Å². The number of fused-ring (bicyclic) bond motifs is 2. The Bertz CT molecular complexity index is 1150. The van der Waals surface area contributed by atoms with Gasteiger partial charge in [0.25, 0.3) is 0 Å². The van der Waals surface area contributed by atoms with Crippen molar-refractivity contribution < 1.29 is 18.7 Å². The van der Waals surface area contributed by atoms with E-state index < -0.39 is 5.97 Å². The summed E-state index contributed by atoms with van der Waals surface area (Å²) in [7, 11) is 1.31. The van der Waals surface area contributed by atoms with E-state index in [1.807, 2.05) is 37.3 Å². The maximum absolute atomic E-state index is 13.0. The normalized spacial score (nSPS) is 14.3. The largest absolute Gasteiger partial charge is 0.493 e. The molecule has 3 aromatic rings. The fraction of sp³-hybridized carbons (Fsp3) is 0.217. The molecule has 5 heteroatoms. The molecule has 0 atom stereocenters. The second-order valence-electron chi connectivity index (χ2n) is 6.58. The van der Waals surface area contributed by atoms with Gasteiger partial charge in [-0.3, -0.25) is 4.79 Å². The molecule has 0 bridgehead atoms. The number of ether oxygens (including phenoxy) is 2. The van der Waals surface area contributed by atoms with E-state index >= 15 is 0 Å². The molecule has 1 aromatic heterocycles. The molecule has 5 nitrogen and oxygen atoms in total. The predicted octanol–water partition coefficient (Wildman–Crippen LogP) is 4.47. The maximum Gasteiger partial charge on any atom is 0.337 e. The van der Waals surface area contributed by atoms with E-state index in [0.29, 0.717) is 47.3 Å². The van der Waals surface area contributed by atoms with Crippen molar-refractivity contribution in [3.63, 3.8) is 0 Å². The maximum atomic E-state index is 13.0. The van der Waals surface area contributed by atoms with E-state index in [2.05, 4.69) is 0 Å². The Morgan fingerprint density at radius 1 is 1.18 bits per heavy atom. The molecule has 1 aliphatic carbocycles. The first kappa shape index (κ1) is 18.0. The molecule has 0 amide bonds. The van der Waals surface area contributed by atoms with Crippen LogP contribution >= 0.6 is 0 Å². The van der Waals surface area contributed by atoms with Crippen LogP contribution in [-0.2, 0) is 11.2 Å². The number of carbonyl (C=O) groups excluding carboxylic acids is 1. The van der Waals surface area contributed by atoms with Gasteiger partial charge < -0.3 is 13.9 Å². The van der Waals surface area contributed by atoms with Gasteiger partial charge in [-0.2, -0.15) is 0 Å². The lowest BCUT2D eigenvalue weighted by Crippen LogP contribution is -2.10. The first-order valence-electron chi connectivity index (χ1n) is 9.23. The number of rotatable bonds is 4. The standard InChI is InChI=1S/C23H20O5/c1-3-27-19-7-5-4-6-14(19)12-15-8-10-17-21(24)18-13-16(23(25)26-2)9-11-20(18)28-22(15)17/h4-7,9,11-13H,3,8,10H2,1-2H3. The van der Waals surface area contributed by atoms with Crippen LogP contribution in [0.2, 0.25) is 0 Å². The highest BCUT2D eigenvalue weighted by molar-refractivity contribution is 5.95. The minimum atomic E-state index is -0.477. The smallest absolute Gasteiger partial charge is 0.337 e. The van der Waals surface area contributed by atoms with Crippen molar-refractivity contribution in [3.8, 4) is 5.75 Å². The van der Waals surface area contributed by atoms with Crippen molar-refractivity contribution in [2.45, 2.75) is 19.8 Å². The third-order valence-corrected chi connectivity index (χ3v) is 4.89. The highest BCUT2D eigenvalue weighted by Gasteiger charge is 2.24. The zero-order chi connectivity index (χ0) is 19.7. The molecule has 0 unspecified atom stereocenters. The SMILES string of the molecule is CCOc1ccccc1C=C1CCc2c1oc1ccc(C(=O)OC)cc1c2=O. The van der Waals surface area contributed by atoms with Gasteiger partial charge in [-0.1, -0.05) is 18.2 Å². The summed E-state index contributed by atoms with van der Waals surface area (Å²) in [6, 6.07) is 12.6. The molecule has 0 N–H and O–H groups in total. The molecule has 142 valence electrons. The van der Waals surface area contributed by atoms with Crippen molar-refractivity contribution in [2.75, 3.05) is 13.7 Å². The Hall–Kier alpha value is -3.34. The lowest BCUT2D eigenvalue weighted by molar-refractivity contribution is 0.0601. The number of benzene rings is 2. The van der Waals surface area contributed by atoms with E-state index in [4.69, 9.17) is 13.9 Å². The van der Waals surface area contributed by atoms with Crippen molar-refractivity contribution in [2.24, 2.45) is 0 Å². The van der Waals surface area contributed by atoms with Crippen LogP contribution < -0.4 is 10.2 Å². The Balaban J connectivity index is 1.83. The summed E-state index contributed by atoms with van der Waals surface area (Å²) in [4.78, 5) is 24.8. The van der Waals surface area contributed by atoms with Crippen LogP contribution in [0.25, 0.3) is 22.6 Å². The topological polar surface area (TPSA) is 65.7 Å². The first-order chi connectivity index (χ1) is 13.6. The second kappa shape index (κ2) is 7.35. The van der Waals surface area contributed by atoms with Crippen molar-refractivity contribution in [1.29, 1.82) is 0 Å². The highest BCUT2D eigenvalue weighted by Crippen LogP contribution is 2.35. The average molecular weight is 376 g/mol. The van der Waals surface area contributed by atoms with Gasteiger partial charge >= 0.3 is 5.97 Å². The summed E-state index contributed by atoms with van der Waals surface area (Å²) in [6.45, 7) is 2.53. The molecular formula is C23H20O5. The Morgan fingerprint density at radius 3 is 2.79 bits per heavy atom. The Labute approximate surface area is 162 Å². The molecular weight excluding hydrogens is 356 g/mol. The summed E-state index contributed by atoms with van der Waals surface area (Å²) in [5.74, 6) is 0.946. The zero-order valence-corrected chi connectivity index (χ0v) is 15.8. The molecule has 4 rings (SSSR count). The second-order valence-corrected chi connectivity index (χ2v) is 6.58. The molecule has 0 saturated carbocycles. The van der Waals surface area contributed by atoms with E-state index in [0.717, 1.165) is 16.9 Å². The van der Waals surface area contributed by atoms with Crippen LogP contribution in [-0.4, -0.2) is 19.7 Å². The first-order valence-corrected chi connectivity index (χ1v) is 9.23. The number of esters is 1. The lowest BCUT2D eigenvalue weighted by atomic mass is 10.1. The van der Waals surface area contributed by atoms with Gasteiger partial charge in [-0.05, 0) is 55.7 Å². The van der Waals surface area contributed by atoms with Crippen LogP contribution in [0.15, 0.2) is 51.7 Å². The quantitative estimate of drug-likeness (QED) is 0.629. The van der Waals surface area contributed by atoms with Crippen molar-refractivity contribution in [3.05, 3.63) is 75.1 Å². The van der Waals surface area contributed by atoms with Gasteiger partial charge in [-0.15, -0.1) is 0 Å². The minimum Gasteiger partial charge on any atom is -0.493 e. The fourth-order valence-corrected chi connectivity index (χ4v) is 3.55. The number of allylic oxidation sites excluding steroid dienone is 1. The fourth-order valence-electron chi connectivity index (χ4n) is 3.55. The van der Waals surface area contributed by atoms with Gasteiger partial charge in [0.1, 0.15) is 17.1 Å². The van der Waals surface area contributed by atoms with Gasteiger partial charge in [0.2, 0.25) is 0 Å². The van der Waals surface area contributed by atoms with E-state index in [1.54, 1.807) is 18.2 Å². The van der Waals surface area contributed by atoms with E-state index in [9.17, 15) is 9.59 Å². The molecule has 1 aliphatic rings. The summed E-state index contributed by atoms with van der Waals surface area (Å²) >= 11 is 0. The molecule has 0 aliphatic heterocycles. The number of para-hydroxylation sites is 1. The number of carbonyl (C=O) groups is 1. The Morgan fingerprint density at radius 2 is 2.00 bits per heavy atom. The van der Waals surface area contributed by atoms with Crippen LogP contribution in [0.4, 0.5) is 0 Å². The zero-order valence-electron chi connectivity index (χ0n) is 15.8. The van der Waals surface area contributed by atoms with Crippen LogP contribution in [0.5, 0.6) is 5.75 Å². The number of methoxy groups -OCH3 is 1. The number of hydrogen-bond donors (Lipinski definition) is 0. The molecule has 0 saturated heterocycles. The lowest BCUT2D eigenvalue weighted by Gasteiger charge is -2.08. The monoisotopic (exact) mass is 376 g/mol. The molecule has 0 spiro atoms. The van der Waals surface area contributed by atoms with Crippen LogP contribution in [0.3, 0.4) is 0 Å². The third-order valence-electron chi connectivity index (χ3n) is 4.89. The molecule has 2 aromatic carbocycles. The van der Waals surface area contributed by atoms with Gasteiger partial charge in [0.05, 0.1) is 24.7 Å². The molecule has 0 fully saturated rings. The molecule has 1 heterocycles. The summed E-state index contributed by atoms with van der Waals surface area (Å²) in [5.41, 5.74) is 3.27. The minimum absolute atomic E-state index is 0.0940. The summed E-state index contributed by atoms with van der Waals surface area (Å²) < 4.78 is 16.5. The van der Waals surface area contributed by atoms with E-state index in [1.165, 1.54) is 7.11 Å². The van der Waals surface area contributed by atoms with Gasteiger partial charge in [0.15, 0.2) is 5.43 Å². The highest BCUT2D eigenvalue weighted by atomic mass is 16.5. The Kier molecular flexibility index (Phi) is 4.74. The van der Waals surface area contributed by atoms with Crippen molar-refractivity contribution >= 4 is 28.6 Å². The van der Waals surface area contributed by atoms with Gasteiger partial charge in [0, 0.05) is 11.1 Å². The van der Waals surface area contributed by atoms with Gasteiger partial charge in [-0.25, -0.2) is 4.79 Å². The summed E-state index contributed by atoms with van der Waals surface area (Å²) in [6.07, 6.45) is 3.35. The molecule has 0 radical (unpaired) electrons. The molecule has 28 heavy (non-hydrogen) atoms. The van der Waals surface area contributed by atoms with Crippen molar-refractivity contribution in [1.82, 2.24) is 0 Å². The average Bonchev–Trinajstić information content (AvgIpc) is 3.12. The third kappa shape index (κ3) is 3.09.